The lowest BCUT2D eigenvalue weighted by Crippen LogP contribution is -2.35. The van der Waals surface area contributed by atoms with Crippen LogP contribution in [0.4, 0.5) is 0 Å². The van der Waals surface area contributed by atoms with E-state index >= 15 is 0 Å². The second kappa shape index (κ2) is 12.4. The minimum absolute atomic E-state index is 0.0705. The molecule has 5 heteroatoms. The molecule has 3 rings (SSSR count). The molecular weight excluding hydrogens is 474 g/mol. The standard InChI is InChI=1S/C33H47NO4/c1-23(2)13-10-17-32(6)19-15-26-29(37-32)27-16-20-33(7,18-11-14-24(3)4)38-31(27)28(25(5)35)30(26)36-22-12-21-34(8)9/h13-16,19-20H,10-12,17-18,21-22H2,1-9H3. The van der Waals surface area contributed by atoms with Gasteiger partial charge in [0.15, 0.2) is 5.78 Å². The average molecular weight is 522 g/mol. The third kappa shape index (κ3) is 7.41. The first-order valence-electron chi connectivity index (χ1n) is 13.9. The molecule has 0 spiro atoms. The number of fused-ring (bicyclic) bond motifs is 3. The Morgan fingerprint density at radius 3 is 1.89 bits per heavy atom. The number of Topliss-reactive ketones (excluding diaryl/α,β-unsaturated/α-hetero) is 1. The van der Waals surface area contributed by atoms with Crippen LogP contribution in [0.3, 0.4) is 0 Å². The fourth-order valence-corrected chi connectivity index (χ4v) is 4.88. The molecule has 0 aromatic heterocycles. The van der Waals surface area contributed by atoms with Gasteiger partial charge in [0.25, 0.3) is 0 Å². The normalized spacial score (nSPS) is 21.2. The molecule has 0 bridgehead atoms. The Bertz CT molecular complexity index is 1150. The first kappa shape index (κ1) is 29.8. The first-order valence-corrected chi connectivity index (χ1v) is 13.9. The molecule has 2 atom stereocenters. The highest BCUT2D eigenvalue weighted by Crippen LogP contribution is 2.52. The number of carbonyl (C=O) groups excluding carboxylic acids is 1. The third-order valence-electron chi connectivity index (χ3n) is 7.04. The Morgan fingerprint density at radius 2 is 1.39 bits per heavy atom. The highest BCUT2D eigenvalue weighted by Gasteiger charge is 2.38. The van der Waals surface area contributed by atoms with E-state index in [0.717, 1.165) is 55.5 Å². The summed E-state index contributed by atoms with van der Waals surface area (Å²) >= 11 is 0. The number of hydrogen-bond donors (Lipinski definition) is 0. The quantitative estimate of drug-likeness (QED) is 0.158. The Balaban J connectivity index is 2.08. The molecule has 0 N–H and O–H groups in total. The number of ether oxygens (including phenoxy) is 3. The van der Waals surface area contributed by atoms with Crippen molar-refractivity contribution in [3.63, 3.8) is 0 Å². The van der Waals surface area contributed by atoms with Gasteiger partial charge in [-0.25, -0.2) is 0 Å². The van der Waals surface area contributed by atoms with Crippen LogP contribution < -0.4 is 14.2 Å². The van der Waals surface area contributed by atoms with Gasteiger partial charge in [-0.05, 0) is 119 Å². The van der Waals surface area contributed by atoms with Crippen molar-refractivity contribution in [3.8, 4) is 17.2 Å². The van der Waals surface area contributed by atoms with Crippen LogP contribution in [-0.2, 0) is 0 Å². The second-order valence-corrected chi connectivity index (χ2v) is 11.9. The molecule has 2 unspecified atom stereocenters. The van der Waals surface area contributed by atoms with Crippen LogP contribution in [-0.4, -0.2) is 49.1 Å². The summed E-state index contributed by atoms with van der Waals surface area (Å²) in [6, 6.07) is 0. The van der Waals surface area contributed by atoms with Crippen molar-refractivity contribution in [2.24, 2.45) is 0 Å². The van der Waals surface area contributed by atoms with E-state index in [1.165, 1.54) is 11.1 Å². The van der Waals surface area contributed by atoms with Gasteiger partial charge in [-0.15, -0.1) is 0 Å². The molecule has 1 aromatic rings. The van der Waals surface area contributed by atoms with Crippen LogP contribution in [0, 0.1) is 0 Å². The number of carbonyl (C=O) groups is 1. The van der Waals surface area contributed by atoms with Gasteiger partial charge < -0.3 is 19.1 Å². The molecule has 0 saturated carbocycles. The van der Waals surface area contributed by atoms with E-state index in [-0.39, 0.29) is 5.78 Å². The fourth-order valence-electron chi connectivity index (χ4n) is 4.88. The molecule has 0 saturated heterocycles. The van der Waals surface area contributed by atoms with E-state index in [4.69, 9.17) is 14.2 Å². The van der Waals surface area contributed by atoms with Crippen LogP contribution in [0.5, 0.6) is 17.2 Å². The summed E-state index contributed by atoms with van der Waals surface area (Å²) in [4.78, 5) is 15.3. The predicted octanol–water partition coefficient (Wildman–Crippen LogP) is 8.04. The zero-order chi connectivity index (χ0) is 28.1. The Morgan fingerprint density at radius 1 is 0.868 bits per heavy atom. The molecule has 38 heavy (non-hydrogen) atoms. The molecule has 208 valence electrons. The summed E-state index contributed by atoms with van der Waals surface area (Å²) in [5.41, 5.74) is 3.73. The topological polar surface area (TPSA) is 48.0 Å². The highest BCUT2D eigenvalue weighted by molar-refractivity contribution is 6.04. The smallest absolute Gasteiger partial charge is 0.167 e. The van der Waals surface area contributed by atoms with E-state index in [9.17, 15) is 4.79 Å². The summed E-state index contributed by atoms with van der Waals surface area (Å²) < 4.78 is 19.8. The maximum atomic E-state index is 13.1. The van der Waals surface area contributed by atoms with Crippen molar-refractivity contribution in [2.75, 3.05) is 27.2 Å². The van der Waals surface area contributed by atoms with Crippen molar-refractivity contribution in [3.05, 3.63) is 52.1 Å². The lowest BCUT2D eigenvalue weighted by atomic mass is 9.88. The van der Waals surface area contributed by atoms with Gasteiger partial charge in [0.2, 0.25) is 0 Å². The third-order valence-corrected chi connectivity index (χ3v) is 7.04. The molecule has 1 aromatic carbocycles. The van der Waals surface area contributed by atoms with Gasteiger partial charge in [0.1, 0.15) is 34.0 Å². The van der Waals surface area contributed by atoms with E-state index in [1.54, 1.807) is 6.92 Å². The molecule has 5 nitrogen and oxygen atoms in total. The number of nitrogens with zero attached hydrogens (tertiary/aromatic N) is 1. The van der Waals surface area contributed by atoms with Crippen molar-refractivity contribution in [1.29, 1.82) is 0 Å². The number of rotatable bonds is 12. The molecular formula is C33H47NO4. The van der Waals surface area contributed by atoms with E-state index in [1.807, 2.05) is 14.1 Å². The summed E-state index contributed by atoms with van der Waals surface area (Å²) in [6.07, 6.45) is 17.2. The minimum Gasteiger partial charge on any atom is -0.492 e. The van der Waals surface area contributed by atoms with Gasteiger partial charge in [-0.1, -0.05) is 23.3 Å². The Hall–Kier alpha value is -2.79. The molecule has 0 fully saturated rings. The zero-order valence-electron chi connectivity index (χ0n) is 25.0. The summed E-state index contributed by atoms with van der Waals surface area (Å²) in [7, 11) is 4.09. The molecule has 2 aliphatic heterocycles. The van der Waals surface area contributed by atoms with Crippen molar-refractivity contribution in [2.45, 2.75) is 91.8 Å². The van der Waals surface area contributed by atoms with Crippen LogP contribution >= 0.6 is 0 Å². The summed E-state index contributed by atoms with van der Waals surface area (Å²) in [6.45, 7) is 15.6. The van der Waals surface area contributed by atoms with Crippen LogP contribution in [0.1, 0.15) is 102 Å². The minimum atomic E-state index is -0.531. The van der Waals surface area contributed by atoms with Crippen LogP contribution in [0.15, 0.2) is 35.5 Å². The monoisotopic (exact) mass is 521 g/mol. The molecule has 0 radical (unpaired) electrons. The van der Waals surface area contributed by atoms with Crippen molar-refractivity contribution < 1.29 is 19.0 Å². The Labute approximate surface area is 230 Å². The van der Waals surface area contributed by atoms with E-state index in [0.29, 0.717) is 23.7 Å². The van der Waals surface area contributed by atoms with Gasteiger partial charge >= 0.3 is 0 Å². The van der Waals surface area contributed by atoms with Gasteiger partial charge in [0, 0.05) is 6.54 Å². The van der Waals surface area contributed by atoms with E-state index in [2.05, 4.69) is 82.9 Å². The number of hydrogen-bond acceptors (Lipinski definition) is 5. The first-order chi connectivity index (χ1) is 17.8. The SMILES string of the molecule is CC(=O)c1c(OCCCN(C)C)c2c(c3c1OC(C)(CCC=C(C)C)C=C3)OC(C)(CCC=C(C)C)C=C2. The number of benzene rings is 1. The lowest BCUT2D eigenvalue weighted by molar-refractivity contribution is 0.0973. The Kier molecular flexibility index (Phi) is 9.69. The molecule has 0 amide bonds. The van der Waals surface area contributed by atoms with Gasteiger partial charge in [-0.2, -0.15) is 0 Å². The number of allylic oxidation sites excluding steroid dienone is 4. The van der Waals surface area contributed by atoms with Crippen molar-refractivity contribution in [1.82, 2.24) is 4.90 Å². The van der Waals surface area contributed by atoms with Gasteiger partial charge in [0.05, 0.1) is 17.7 Å². The maximum absolute atomic E-state index is 13.1. The zero-order valence-corrected chi connectivity index (χ0v) is 25.0. The highest BCUT2D eigenvalue weighted by atomic mass is 16.5. The molecule has 0 aliphatic carbocycles. The predicted molar refractivity (Wildman–Crippen MR) is 159 cm³/mol. The van der Waals surface area contributed by atoms with E-state index < -0.39 is 11.2 Å². The van der Waals surface area contributed by atoms with Gasteiger partial charge in [-0.3, -0.25) is 4.79 Å². The number of ketones is 1. The average Bonchev–Trinajstić information content (AvgIpc) is 2.80. The molecule has 2 heterocycles. The molecule has 2 aliphatic rings. The largest absolute Gasteiger partial charge is 0.492 e. The summed E-state index contributed by atoms with van der Waals surface area (Å²) in [5, 5.41) is 0. The summed E-state index contributed by atoms with van der Waals surface area (Å²) in [5.74, 6) is 1.80. The lowest BCUT2D eigenvalue weighted by Gasteiger charge is -2.38. The maximum Gasteiger partial charge on any atom is 0.167 e. The fraction of sp³-hybridized carbons (Fsp3) is 0.545. The van der Waals surface area contributed by atoms with Crippen molar-refractivity contribution >= 4 is 17.9 Å². The van der Waals surface area contributed by atoms with Crippen LogP contribution in [0.2, 0.25) is 0 Å². The second-order valence-electron chi connectivity index (χ2n) is 11.9. The van der Waals surface area contributed by atoms with Crippen LogP contribution in [0.25, 0.3) is 12.2 Å².